The molecule has 0 radical (unpaired) electrons. The summed E-state index contributed by atoms with van der Waals surface area (Å²) in [4.78, 5) is 13.9. The van der Waals surface area contributed by atoms with E-state index in [0.717, 1.165) is 11.1 Å². The molecule has 0 saturated carbocycles. The molecule has 0 unspecified atom stereocenters. The molecule has 24 heavy (non-hydrogen) atoms. The molecule has 1 atom stereocenters. The maximum Gasteiger partial charge on any atom is 0.267 e. The lowest BCUT2D eigenvalue weighted by Gasteiger charge is -2.37. The van der Waals surface area contributed by atoms with Crippen LogP contribution in [0.25, 0.3) is 0 Å². The van der Waals surface area contributed by atoms with Crippen LogP contribution in [0.15, 0.2) is 60.7 Å². The Balaban J connectivity index is 2.29. The highest BCUT2D eigenvalue weighted by atomic mass is 32.1. The molecule has 1 saturated heterocycles. The van der Waals surface area contributed by atoms with Gasteiger partial charge in [0.2, 0.25) is 5.91 Å². The van der Waals surface area contributed by atoms with Gasteiger partial charge in [-0.25, -0.2) is 0 Å². The van der Waals surface area contributed by atoms with Crippen molar-refractivity contribution < 1.29 is 9.53 Å². The van der Waals surface area contributed by atoms with Gasteiger partial charge in [0.25, 0.3) is 5.17 Å². The summed E-state index contributed by atoms with van der Waals surface area (Å²) in [6.07, 6.45) is 0. The van der Waals surface area contributed by atoms with Gasteiger partial charge in [0.15, 0.2) is 5.60 Å². The lowest BCUT2D eigenvalue weighted by atomic mass is 9.76. The van der Waals surface area contributed by atoms with Crippen molar-refractivity contribution in [2.75, 3.05) is 0 Å². The SMILES string of the molecule is CC(=O)N1C(=S)OC(c2ccccc2)(c2ccccc2)[C@H]1C(C)C. The van der Waals surface area contributed by atoms with Crippen LogP contribution in [0.2, 0.25) is 0 Å². The van der Waals surface area contributed by atoms with Gasteiger partial charge >= 0.3 is 0 Å². The van der Waals surface area contributed by atoms with E-state index >= 15 is 0 Å². The molecule has 3 rings (SSSR count). The van der Waals surface area contributed by atoms with Gasteiger partial charge in [0, 0.05) is 18.1 Å². The van der Waals surface area contributed by atoms with Gasteiger partial charge in [-0.05, 0) is 18.1 Å². The molecule has 1 heterocycles. The summed E-state index contributed by atoms with van der Waals surface area (Å²) in [5.41, 5.74) is 1.21. The van der Waals surface area contributed by atoms with Crippen LogP contribution in [0.5, 0.6) is 0 Å². The standard InChI is InChI=1S/C20H21NO2S/c1-14(2)18-20(16-10-6-4-7-11-16,17-12-8-5-9-13-17)23-19(24)21(18)15(3)22/h4-14,18H,1-3H3/t18-/m1/s1. The molecule has 0 N–H and O–H groups in total. The normalized spacial score (nSPS) is 19.4. The summed E-state index contributed by atoms with van der Waals surface area (Å²) < 4.78 is 6.31. The van der Waals surface area contributed by atoms with Gasteiger partial charge in [-0.3, -0.25) is 9.69 Å². The molecule has 0 bridgehead atoms. The number of rotatable bonds is 3. The molecule has 2 aromatic carbocycles. The average Bonchev–Trinajstić information content (AvgIpc) is 2.91. The van der Waals surface area contributed by atoms with Crippen molar-refractivity contribution in [3.8, 4) is 0 Å². The quantitative estimate of drug-likeness (QED) is 0.788. The van der Waals surface area contributed by atoms with Crippen LogP contribution in [0, 0.1) is 5.92 Å². The van der Waals surface area contributed by atoms with E-state index in [4.69, 9.17) is 17.0 Å². The Morgan fingerprint density at radius 3 is 1.88 bits per heavy atom. The van der Waals surface area contributed by atoms with E-state index in [2.05, 4.69) is 13.8 Å². The van der Waals surface area contributed by atoms with Gasteiger partial charge in [0.1, 0.15) is 0 Å². The molecule has 1 aliphatic rings. The first kappa shape index (κ1) is 16.7. The summed E-state index contributed by atoms with van der Waals surface area (Å²) in [5, 5.41) is 0.244. The zero-order valence-corrected chi connectivity index (χ0v) is 14.9. The third-order valence-corrected chi connectivity index (χ3v) is 4.80. The summed E-state index contributed by atoms with van der Waals surface area (Å²) in [6.45, 7) is 5.73. The Hall–Kier alpha value is -2.20. The minimum Gasteiger partial charge on any atom is -0.452 e. The third-order valence-electron chi connectivity index (χ3n) is 4.52. The minimum atomic E-state index is -0.792. The minimum absolute atomic E-state index is 0.0903. The predicted octanol–water partition coefficient (Wildman–Crippen LogP) is 4.12. The molecule has 4 heteroatoms. The van der Waals surface area contributed by atoms with Crippen molar-refractivity contribution in [3.05, 3.63) is 71.8 Å². The number of nitrogens with zero attached hydrogens (tertiary/aromatic N) is 1. The number of ether oxygens (including phenoxy) is 1. The maximum atomic E-state index is 12.3. The van der Waals surface area contributed by atoms with Crippen molar-refractivity contribution in [2.45, 2.75) is 32.4 Å². The van der Waals surface area contributed by atoms with Crippen LogP contribution in [0.3, 0.4) is 0 Å². The monoisotopic (exact) mass is 339 g/mol. The second kappa shape index (κ2) is 6.36. The fraction of sp³-hybridized carbons (Fsp3) is 0.300. The predicted molar refractivity (Wildman–Crippen MR) is 98.5 cm³/mol. The van der Waals surface area contributed by atoms with Crippen molar-refractivity contribution in [3.63, 3.8) is 0 Å². The van der Waals surface area contributed by atoms with Crippen molar-refractivity contribution in [1.29, 1.82) is 0 Å². The lowest BCUT2D eigenvalue weighted by Crippen LogP contribution is -2.49. The Morgan fingerprint density at radius 1 is 1.04 bits per heavy atom. The second-order valence-corrected chi connectivity index (χ2v) is 6.76. The molecule has 0 aromatic heterocycles. The Labute approximate surface area is 148 Å². The fourth-order valence-electron chi connectivity index (χ4n) is 3.63. The summed E-state index contributed by atoms with van der Waals surface area (Å²) in [5.74, 6) is 0.0715. The van der Waals surface area contributed by atoms with Crippen LogP contribution in [0.1, 0.15) is 31.9 Å². The van der Waals surface area contributed by atoms with Crippen molar-refractivity contribution in [2.24, 2.45) is 5.92 Å². The van der Waals surface area contributed by atoms with E-state index in [9.17, 15) is 4.79 Å². The smallest absolute Gasteiger partial charge is 0.267 e. The van der Waals surface area contributed by atoms with E-state index in [1.807, 2.05) is 60.7 Å². The van der Waals surface area contributed by atoms with E-state index in [1.54, 1.807) is 4.90 Å². The van der Waals surface area contributed by atoms with Gasteiger partial charge in [0.05, 0.1) is 6.04 Å². The first-order chi connectivity index (χ1) is 11.5. The molecule has 1 fully saturated rings. The zero-order valence-electron chi connectivity index (χ0n) is 14.1. The number of thiocarbonyl (C=S) groups is 1. The third kappa shape index (κ3) is 2.51. The number of benzene rings is 2. The lowest BCUT2D eigenvalue weighted by molar-refractivity contribution is -0.127. The van der Waals surface area contributed by atoms with Crippen molar-refractivity contribution >= 4 is 23.3 Å². The van der Waals surface area contributed by atoms with Gasteiger partial charge in [-0.2, -0.15) is 0 Å². The molecule has 1 aliphatic heterocycles. The van der Waals surface area contributed by atoms with E-state index in [-0.39, 0.29) is 23.0 Å². The second-order valence-electron chi connectivity index (χ2n) is 6.41. The molecule has 1 amide bonds. The zero-order chi connectivity index (χ0) is 17.3. The van der Waals surface area contributed by atoms with Crippen LogP contribution in [-0.2, 0) is 15.1 Å². The molecular formula is C20H21NO2S. The Kier molecular flexibility index (Phi) is 4.41. The summed E-state index contributed by atoms with van der Waals surface area (Å²) in [6, 6.07) is 19.8. The van der Waals surface area contributed by atoms with Crippen molar-refractivity contribution in [1.82, 2.24) is 4.90 Å². The maximum absolute atomic E-state index is 12.3. The Morgan fingerprint density at radius 2 is 1.50 bits per heavy atom. The van der Waals surface area contributed by atoms with Crippen LogP contribution in [-0.4, -0.2) is 22.0 Å². The highest BCUT2D eigenvalue weighted by Crippen LogP contribution is 2.47. The highest BCUT2D eigenvalue weighted by Gasteiger charge is 2.56. The summed E-state index contributed by atoms with van der Waals surface area (Å²) in [7, 11) is 0. The number of hydrogen-bond acceptors (Lipinski definition) is 3. The Bertz CT molecular complexity index is 703. The van der Waals surface area contributed by atoms with Gasteiger partial charge < -0.3 is 4.74 Å². The molecular weight excluding hydrogens is 318 g/mol. The van der Waals surface area contributed by atoms with Gasteiger partial charge in [-0.1, -0.05) is 74.5 Å². The first-order valence-electron chi connectivity index (χ1n) is 8.12. The molecule has 3 nitrogen and oxygen atoms in total. The van der Waals surface area contributed by atoms with E-state index in [0.29, 0.717) is 0 Å². The molecule has 0 aliphatic carbocycles. The highest BCUT2D eigenvalue weighted by molar-refractivity contribution is 7.80. The summed E-state index contributed by atoms with van der Waals surface area (Å²) >= 11 is 5.44. The molecule has 124 valence electrons. The number of carbonyl (C=O) groups excluding carboxylic acids is 1. The number of hydrogen-bond donors (Lipinski definition) is 0. The molecule has 2 aromatic rings. The average molecular weight is 339 g/mol. The first-order valence-corrected chi connectivity index (χ1v) is 8.53. The van der Waals surface area contributed by atoms with Crippen LogP contribution < -0.4 is 0 Å². The molecule has 0 spiro atoms. The van der Waals surface area contributed by atoms with E-state index in [1.165, 1.54) is 6.92 Å². The largest absolute Gasteiger partial charge is 0.452 e. The fourth-order valence-corrected chi connectivity index (χ4v) is 4.01. The number of amides is 1. The van der Waals surface area contributed by atoms with Crippen LogP contribution in [0.4, 0.5) is 0 Å². The van der Waals surface area contributed by atoms with Gasteiger partial charge in [-0.15, -0.1) is 0 Å². The topological polar surface area (TPSA) is 29.5 Å². The number of carbonyl (C=O) groups is 1. The van der Waals surface area contributed by atoms with E-state index < -0.39 is 5.60 Å². The van der Waals surface area contributed by atoms with Crippen LogP contribution >= 0.6 is 12.2 Å².